The van der Waals surface area contributed by atoms with E-state index in [1.54, 1.807) is 6.92 Å². The maximum absolute atomic E-state index is 10.5. The van der Waals surface area contributed by atoms with E-state index in [0.717, 1.165) is 11.3 Å². The normalized spacial score (nSPS) is 14.1. The van der Waals surface area contributed by atoms with Crippen molar-refractivity contribution < 1.29 is 17.7 Å². The highest BCUT2D eigenvalue weighted by Gasteiger charge is 2.18. The number of hydrogen-bond donors (Lipinski definition) is 2. The van der Waals surface area contributed by atoms with Crippen LogP contribution in [0.1, 0.15) is 16.0 Å². The zero-order valence-corrected chi connectivity index (χ0v) is 10.1. The van der Waals surface area contributed by atoms with E-state index in [2.05, 4.69) is 14.3 Å². The molecule has 3 N–H and O–H groups in total. The van der Waals surface area contributed by atoms with Crippen LogP contribution in [-0.4, -0.2) is 25.1 Å². The third kappa shape index (κ3) is 4.01. The summed E-state index contributed by atoms with van der Waals surface area (Å²) in [5.41, 5.74) is 0. The topological polar surface area (TPSA) is 103 Å². The number of thiazole rings is 1. The van der Waals surface area contributed by atoms with Crippen LogP contribution in [0.15, 0.2) is 0 Å². The fourth-order valence-electron chi connectivity index (χ4n) is 0.858. The lowest BCUT2D eigenvalue weighted by atomic mass is 10.3. The first-order valence-corrected chi connectivity index (χ1v) is 6.44. The quantitative estimate of drug-likeness (QED) is 0.824. The summed E-state index contributed by atoms with van der Waals surface area (Å²) in [7, 11) is -4.05. The molecule has 0 aliphatic rings. The summed E-state index contributed by atoms with van der Waals surface area (Å²) in [6, 6.07) is 0. The second-order valence-corrected chi connectivity index (χ2v) is 5.50. The van der Waals surface area contributed by atoms with Crippen molar-refractivity contribution in [1.82, 2.24) is 4.98 Å². The number of halogens is 1. The number of rotatable bonds is 4. The first kappa shape index (κ1) is 12.8. The van der Waals surface area contributed by atoms with Crippen molar-refractivity contribution in [3.05, 3.63) is 15.0 Å². The first-order chi connectivity index (χ1) is 6.79. The van der Waals surface area contributed by atoms with Gasteiger partial charge in [-0.3, -0.25) is 4.18 Å². The number of aromatic nitrogens is 1. The molecule has 0 radical (unpaired) electrons. The SMILES string of the molecule is Cc1nc(Cl)c([C@H](O)COS(N)(=O)=O)s1. The molecule has 6 nitrogen and oxygen atoms in total. The van der Waals surface area contributed by atoms with Gasteiger partial charge in [-0.1, -0.05) is 11.6 Å². The second-order valence-electron chi connectivity index (χ2n) is 2.68. The van der Waals surface area contributed by atoms with Gasteiger partial charge < -0.3 is 5.11 Å². The third-order valence-corrected chi connectivity index (χ3v) is 3.35. The van der Waals surface area contributed by atoms with E-state index in [1.807, 2.05) is 0 Å². The number of hydrogen-bond acceptors (Lipinski definition) is 6. The fraction of sp³-hybridized carbons (Fsp3) is 0.500. The summed E-state index contributed by atoms with van der Waals surface area (Å²) in [5, 5.41) is 14.9. The van der Waals surface area contributed by atoms with Crippen LogP contribution in [0.5, 0.6) is 0 Å². The van der Waals surface area contributed by atoms with Gasteiger partial charge in [-0.05, 0) is 6.92 Å². The minimum Gasteiger partial charge on any atom is -0.385 e. The largest absolute Gasteiger partial charge is 0.385 e. The van der Waals surface area contributed by atoms with E-state index in [4.69, 9.17) is 11.6 Å². The zero-order valence-electron chi connectivity index (χ0n) is 7.68. The Hall–Kier alpha value is -0.250. The number of aliphatic hydroxyl groups is 1. The van der Waals surface area contributed by atoms with Gasteiger partial charge in [0.1, 0.15) is 11.3 Å². The second kappa shape index (κ2) is 4.73. The lowest BCUT2D eigenvalue weighted by Gasteiger charge is -2.07. The lowest BCUT2D eigenvalue weighted by molar-refractivity contribution is 0.114. The Kier molecular flexibility index (Phi) is 4.04. The third-order valence-electron chi connectivity index (χ3n) is 1.41. The molecular weight excluding hydrogens is 264 g/mol. The Morgan fingerprint density at radius 1 is 1.73 bits per heavy atom. The van der Waals surface area contributed by atoms with Crippen molar-refractivity contribution in [2.45, 2.75) is 13.0 Å². The highest BCUT2D eigenvalue weighted by Crippen LogP contribution is 2.28. The van der Waals surface area contributed by atoms with E-state index in [-0.39, 0.29) is 5.15 Å². The van der Waals surface area contributed by atoms with Crippen LogP contribution in [0.4, 0.5) is 0 Å². The van der Waals surface area contributed by atoms with Gasteiger partial charge in [0.2, 0.25) is 0 Å². The molecule has 1 aromatic heterocycles. The van der Waals surface area contributed by atoms with Crippen LogP contribution in [-0.2, 0) is 14.5 Å². The van der Waals surface area contributed by atoms with Gasteiger partial charge in [-0.25, -0.2) is 10.1 Å². The number of nitrogens with two attached hydrogens (primary N) is 1. The van der Waals surface area contributed by atoms with Gasteiger partial charge >= 0.3 is 10.3 Å². The molecule has 0 fully saturated rings. The molecule has 1 aromatic rings. The number of aliphatic hydroxyl groups excluding tert-OH is 1. The van der Waals surface area contributed by atoms with E-state index < -0.39 is 23.0 Å². The zero-order chi connectivity index (χ0) is 11.6. The molecule has 1 atom stereocenters. The predicted octanol–water partition coefficient (Wildman–Crippen LogP) is 0.358. The molecule has 1 rings (SSSR count). The molecule has 0 spiro atoms. The molecule has 1 heterocycles. The molecule has 0 saturated heterocycles. The summed E-state index contributed by atoms with van der Waals surface area (Å²) >= 11 is 6.86. The molecule has 0 unspecified atom stereocenters. The lowest BCUT2D eigenvalue weighted by Crippen LogP contribution is -2.19. The summed E-state index contributed by atoms with van der Waals surface area (Å²) < 4.78 is 25.1. The van der Waals surface area contributed by atoms with Crippen molar-refractivity contribution in [1.29, 1.82) is 0 Å². The van der Waals surface area contributed by atoms with E-state index in [1.165, 1.54) is 0 Å². The van der Waals surface area contributed by atoms with Gasteiger partial charge in [0.15, 0.2) is 0 Å². The molecule has 0 aromatic carbocycles. The summed E-state index contributed by atoms with van der Waals surface area (Å²) in [6.45, 7) is 1.24. The van der Waals surface area contributed by atoms with Gasteiger partial charge in [0, 0.05) is 0 Å². The van der Waals surface area contributed by atoms with Crippen molar-refractivity contribution in [2.75, 3.05) is 6.61 Å². The van der Waals surface area contributed by atoms with Crippen LogP contribution in [0.2, 0.25) is 5.15 Å². The van der Waals surface area contributed by atoms with Gasteiger partial charge in [-0.2, -0.15) is 8.42 Å². The Balaban J connectivity index is 2.69. The highest BCUT2D eigenvalue weighted by atomic mass is 35.5. The van der Waals surface area contributed by atoms with Crippen LogP contribution in [0, 0.1) is 6.92 Å². The fourth-order valence-corrected chi connectivity index (χ4v) is 2.38. The summed E-state index contributed by atoms with van der Waals surface area (Å²) in [5.74, 6) is 0. The molecule has 0 saturated carbocycles. The van der Waals surface area contributed by atoms with E-state index in [0.29, 0.717) is 9.88 Å². The molecule has 9 heteroatoms. The minimum absolute atomic E-state index is 0.142. The first-order valence-electron chi connectivity index (χ1n) is 3.77. The van der Waals surface area contributed by atoms with E-state index >= 15 is 0 Å². The van der Waals surface area contributed by atoms with Gasteiger partial charge in [0.25, 0.3) is 0 Å². The monoisotopic (exact) mass is 272 g/mol. The Labute approximate surface area is 95.9 Å². The molecule has 0 bridgehead atoms. The van der Waals surface area contributed by atoms with Crippen molar-refractivity contribution >= 4 is 33.2 Å². The van der Waals surface area contributed by atoms with Crippen molar-refractivity contribution in [3.63, 3.8) is 0 Å². The smallest absolute Gasteiger partial charge is 0.333 e. The molecule has 0 aliphatic carbocycles. The van der Waals surface area contributed by atoms with E-state index in [9.17, 15) is 13.5 Å². The maximum Gasteiger partial charge on any atom is 0.333 e. The average molecular weight is 273 g/mol. The van der Waals surface area contributed by atoms with Crippen molar-refractivity contribution in [3.8, 4) is 0 Å². The highest BCUT2D eigenvalue weighted by molar-refractivity contribution is 7.84. The molecular formula is C6H9ClN2O4S2. The molecule has 0 aliphatic heterocycles. The maximum atomic E-state index is 10.5. The van der Waals surface area contributed by atoms with Gasteiger partial charge in [-0.15, -0.1) is 11.3 Å². The molecule has 15 heavy (non-hydrogen) atoms. The number of nitrogens with zero attached hydrogens (tertiary/aromatic N) is 1. The molecule has 0 amide bonds. The average Bonchev–Trinajstić information content (AvgIpc) is 2.40. The molecule has 86 valence electrons. The number of aryl methyl sites for hydroxylation is 1. The standard InChI is InChI=1S/C6H9ClN2O4S2/c1-3-9-6(7)5(14-3)4(10)2-13-15(8,11)12/h4,10H,2H2,1H3,(H2,8,11,12)/t4-/m1/s1. The van der Waals surface area contributed by atoms with Gasteiger partial charge in [0.05, 0.1) is 16.5 Å². The summed E-state index contributed by atoms with van der Waals surface area (Å²) in [6.07, 6.45) is -1.15. The van der Waals surface area contributed by atoms with Crippen molar-refractivity contribution in [2.24, 2.45) is 5.14 Å². The Bertz CT molecular complexity index is 444. The Morgan fingerprint density at radius 3 is 2.73 bits per heavy atom. The van der Waals surface area contributed by atoms with Crippen LogP contribution < -0.4 is 5.14 Å². The minimum atomic E-state index is -4.05. The van der Waals surface area contributed by atoms with Crippen LogP contribution >= 0.6 is 22.9 Å². The van der Waals surface area contributed by atoms with Crippen LogP contribution in [0.25, 0.3) is 0 Å². The predicted molar refractivity (Wildman–Crippen MR) is 55.9 cm³/mol. The van der Waals surface area contributed by atoms with Crippen LogP contribution in [0.3, 0.4) is 0 Å². The summed E-state index contributed by atoms with van der Waals surface area (Å²) in [4.78, 5) is 4.22. The Morgan fingerprint density at radius 2 is 2.33 bits per heavy atom.